The molecule has 1 aliphatic heterocycles. The Labute approximate surface area is 161 Å². The second kappa shape index (κ2) is 8.92. The minimum atomic E-state index is 0.139. The Balaban J connectivity index is 1.75. The van der Waals surface area contributed by atoms with Crippen molar-refractivity contribution in [3.05, 3.63) is 71.8 Å². The maximum atomic E-state index is 5.67. The van der Waals surface area contributed by atoms with Gasteiger partial charge >= 0.3 is 0 Å². The van der Waals surface area contributed by atoms with Gasteiger partial charge in [0.05, 0.1) is 11.8 Å². The molecule has 0 radical (unpaired) electrons. The highest BCUT2D eigenvalue weighted by molar-refractivity contribution is 7.80. The summed E-state index contributed by atoms with van der Waals surface area (Å²) in [6.07, 6.45) is 1.90. The lowest BCUT2D eigenvalue weighted by Crippen LogP contribution is -2.37. The van der Waals surface area contributed by atoms with Crippen molar-refractivity contribution in [2.24, 2.45) is 5.10 Å². The molecule has 26 heavy (non-hydrogen) atoms. The first-order valence-corrected chi connectivity index (χ1v) is 9.45. The van der Waals surface area contributed by atoms with E-state index in [1.807, 2.05) is 17.1 Å². The number of thiocarbonyl (C=S) groups is 1. The van der Waals surface area contributed by atoms with E-state index in [4.69, 9.17) is 17.3 Å². The lowest BCUT2D eigenvalue weighted by molar-refractivity contribution is 0.359. The van der Waals surface area contributed by atoms with Gasteiger partial charge in [-0.2, -0.15) is 5.10 Å². The molecule has 5 heteroatoms. The average Bonchev–Trinajstić information content (AvgIpc) is 3.12. The van der Waals surface area contributed by atoms with Crippen molar-refractivity contribution >= 4 is 23.0 Å². The zero-order chi connectivity index (χ0) is 18.4. The topological polar surface area (TPSA) is 30.9 Å². The quantitative estimate of drug-likeness (QED) is 0.624. The molecule has 1 aliphatic rings. The molecule has 0 aliphatic carbocycles. The molecule has 1 heterocycles. The Bertz CT molecular complexity index is 743. The Morgan fingerprint density at radius 2 is 1.77 bits per heavy atom. The SMILES string of the molecule is CN(C)CCCNC(=S)N1N=C(c2ccccc2)C[C@H]1c1ccccc1. The molecule has 0 spiro atoms. The van der Waals surface area contributed by atoms with E-state index in [2.05, 4.69) is 72.8 Å². The van der Waals surface area contributed by atoms with Crippen molar-refractivity contribution in [1.82, 2.24) is 15.2 Å². The van der Waals surface area contributed by atoms with Crippen LogP contribution in [0.25, 0.3) is 0 Å². The van der Waals surface area contributed by atoms with E-state index >= 15 is 0 Å². The maximum absolute atomic E-state index is 5.67. The summed E-state index contributed by atoms with van der Waals surface area (Å²) in [5.74, 6) is 0. The highest BCUT2D eigenvalue weighted by Gasteiger charge is 2.31. The van der Waals surface area contributed by atoms with Crippen LogP contribution in [0.15, 0.2) is 65.8 Å². The Hall–Kier alpha value is -2.24. The third-order valence-corrected chi connectivity index (χ3v) is 4.80. The van der Waals surface area contributed by atoms with Crippen LogP contribution in [0, 0.1) is 0 Å². The number of hydrogen-bond donors (Lipinski definition) is 1. The van der Waals surface area contributed by atoms with Gasteiger partial charge in [-0.1, -0.05) is 60.7 Å². The van der Waals surface area contributed by atoms with Crippen LogP contribution in [0.4, 0.5) is 0 Å². The molecule has 0 fully saturated rings. The Morgan fingerprint density at radius 1 is 1.12 bits per heavy atom. The molecule has 0 saturated heterocycles. The maximum Gasteiger partial charge on any atom is 0.190 e. The molecule has 4 nitrogen and oxygen atoms in total. The largest absolute Gasteiger partial charge is 0.361 e. The van der Waals surface area contributed by atoms with Crippen LogP contribution in [0.3, 0.4) is 0 Å². The van der Waals surface area contributed by atoms with E-state index in [1.165, 1.54) is 5.56 Å². The molecule has 1 atom stereocenters. The molecule has 0 aromatic heterocycles. The van der Waals surface area contributed by atoms with Crippen LogP contribution in [0.5, 0.6) is 0 Å². The van der Waals surface area contributed by atoms with Gasteiger partial charge in [0.25, 0.3) is 0 Å². The van der Waals surface area contributed by atoms with E-state index in [0.29, 0.717) is 5.11 Å². The molecular formula is C21H26N4S. The fourth-order valence-corrected chi connectivity index (χ4v) is 3.38. The van der Waals surface area contributed by atoms with E-state index < -0.39 is 0 Å². The minimum absolute atomic E-state index is 0.139. The fraction of sp³-hybridized carbons (Fsp3) is 0.333. The molecule has 0 amide bonds. The van der Waals surface area contributed by atoms with Crippen molar-refractivity contribution in [3.8, 4) is 0 Å². The van der Waals surface area contributed by atoms with Crippen molar-refractivity contribution in [3.63, 3.8) is 0 Å². The lowest BCUT2D eigenvalue weighted by Gasteiger charge is -2.25. The number of rotatable bonds is 6. The molecule has 136 valence electrons. The first-order chi connectivity index (χ1) is 12.6. The predicted octanol–water partition coefficient (Wildman–Crippen LogP) is 3.66. The van der Waals surface area contributed by atoms with Gasteiger partial charge in [-0.15, -0.1) is 0 Å². The number of hydrazone groups is 1. The summed E-state index contributed by atoms with van der Waals surface area (Å²) in [6, 6.07) is 21.0. The van der Waals surface area contributed by atoms with Gasteiger partial charge < -0.3 is 10.2 Å². The fourth-order valence-electron chi connectivity index (χ4n) is 3.11. The van der Waals surface area contributed by atoms with Gasteiger partial charge in [-0.25, -0.2) is 5.01 Å². The normalized spacial score (nSPS) is 16.7. The molecule has 1 N–H and O–H groups in total. The standard InChI is InChI=1S/C21H26N4S/c1-24(2)15-9-14-22-21(26)25-20(18-12-7-4-8-13-18)16-19(23-25)17-10-5-3-6-11-17/h3-8,10-13,20H,9,14-16H2,1-2H3,(H,22,26)/t20-/m0/s1. The summed E-state index contributed by atoms with van der Waals surface area (Å²) in [5.41, 5.74) is 3.47. The summed E-state index contributed by atoms with van der Waals surface area (Å²) < 4.78 is 0. The van der Waals surface area contributed by atoms with Crippen molar-refractivity contribution < 1.29 is 0 Å². The lowest BCUT2D eigenvalue weighted by atomic mass is 9.99. The smallest absolute Gasteiger partial charge is 0.190 e. The van der Waals surface area contributed by atoms with Crippen LogP contribution in [-0.4, -0.2) is 47.9 Å². The van der Waals surface area contributed by atoms with E-state index in [9.17, 15) is 0 Å². The number of hydrogen-bond acceptors (Lipinski definition) is 3. The second-order valence-electron chi connectivity index (χ2n) is 6.78. The van der Waals surface area contributed by atoms with E-state index in [-0.39, 0.29) is 6.04 Å². The second-order valence-corrected chi connectivity index (χ2v) is 7.16. The van der Waals surface area contributed by atoms with Crippen molar-refractivity contribution in [2.75, 3.05) is 27.2 Å². The zero-order valence-corrected chi connectivity index (χ0v) is 16.2. The van der Waals surface area contributed by atoms with E-state index in [1.54, 1.807) is 0 Å². The first-order valence-electron chi connectivity index (χ1n) is 9.05. The van der Waals surface area contributed by atoms with Crippen LogP contribution in [0.2, 0.25) is 0 Å². The van der Waals surface area contributed by atoms with Crippen molar-refractivity contribution in [1.29, 1.82) is 0 Å². The van der Waals surface area contributed by atoms with Gasteiger partial charge in [0.2, 0.25) is 0 Å². The number of nitrogens with zero attached hydrogens (tertiary/aromatic N) is 3. The van der Waals surface area contributed by atoms with E-state index in [0.717, 1.165) is 37.2 Å². The number of nitrogens with one attached hydrogen (secondary N) is 1. The van der Waals surface area contributed by atoms with Crippen LogP contribution in [0.1, 0.15) is 30.0 Å². The summed E-state index contributed by atoms with van der Waals surface area (Å²) in [5, 5.41) is 10.9. The van der Waals surface area contributed by atoms with Gasteiger partial charge in [-0.05, 0) is 50.4 Å². The van der Waals surface area contributed by atoms with Crippen molar-refractivity contribution in [2.45, 2.75) is 18.9 Å². The summed E-state index contributed by atoms with van der Waals surface area (Å²) in [7, 11) is 4.17. The molecule has 0 bridgehead atoms. The Kier molecular flexibility index (Phi) is 6.36. The highest BCUT2D eigenvalue weighted by atomic mass is 32.1. The molecule has 0 saturated carbocycles. The molecular weight excluding hydrogens is 340 g/mol. The predicted molar refractivity (Wildman–Crippen MR) is 112 cm³/mol. The monoisotopic (exact) mass is 366 g/mol. The van der Waals surface area contributed by atoms with Crippen LogP contribution < -0.4 is 5.32 Å². The third-order valence-electron chi connectivity index (χ3n) is 4.47. The third kappa shape index (κ3) is 4.68. The van der Waals surface area contributed by atoms with Gasteiger partial charge in [0.15, 0.2) is 5.11 Å². The summed E-state index contributed by atoms with van der Waals surface area (Å²) >= 11 is 5.67. The molecule has 3 rings (SSSR count). The number of benzene rings is 2. The molecule has 2 aromatic rings. The van der Waals surface area contributed by atoms with Gasteiger partial charge in [0.1, 0.15) is 0 Å². The zero-order valence-electron chi connectivity index (χ0n) is 15.4. The summed E-state index contributed by atoms with van der Waals surface area (Å²) in [4.78, 5) is 2.18. The van der Waals surface area contributed by atoms with Crippen LogP contribution in [-0.2, 0) is 0 Å². The summed E-state index contributed by atoms with van der Waals surface area (Å²) in [6.45, 7) is 1.89. The minimum Gasteiger partial charge on any atom is -0.361 e. The van der Waals surface area contributed by atoms with Gasteiger partial charge in [0, 0.05) is 13.0 Å². The Morgan fingerprint density at radius 3 is 2.42 bits per heavy atom. The average molecular weight is 367 g/mol. The molecule has 0 unspecified atom stereocenters. The first kappa shape index (κ1) is 18.5. The molecule has 2 aromatic carbocycles. The van der Waals surface area contributed by atoms with Gasteiger partial charge in [-0.3, -0.25) is 0 Å². The van der Waals surface area contributed by atoms with Crippen LogP contribution >= 0.6 is 12.2 Å². The highest BCUT2D eigenvalue weighted by Crippen LogP contribution is 2.32.